The zero-order valence-electron chi connectivity index (χ0n) is 13.9. The van der Waals surface area contributed by atoms with Crippen molar-refractivity contribution >= 4 is 33.7 Å². The summed E-state index contributed by atoms with van der Waals surface area (Å²) in [4.78, 5) is 23.0. The van der Waals surface area contributed by atoms with Gasteiger partial charge in [-0.1, -0.05) is 18.2 Å². The second kappa shape index (κ2) is 7.67. The molecule has 7 nitrogen and oxygen atoms in total. The summed E-state index contributed by atoms with van der Waals surface area (Å²) < 4.78 is 26.4. The quantitative estimate of drug-likeness (QED) is 0.843. The summed E-state index contributed by atoms with van der Waals surface area (Å²) in [5, 5.41) is 5.31. The predicted molar refractivity (Wildman–Crippen MR) is 98.1 cm³/mol. The molecule has 3 rings (SSSR count). The standard InChI is InChI=1S/C18H18N3O4S/c22-13-16-7-4-12-21(16)26(24,25)17-10-8-15(9-11-17)20-18(23)19-14-5-2-1-3-6-14/h1-3,5-6,8-11,16H,4,7,12H2,(H2,19,20,23)/t16-/m0/s1. The highest BCUT2D eigenvalue weighted by molar-refractivity contribution is 7.89. The molecular weight excluding hydrogens is 354 g/mol. The molecule has 0 spiro atoms. The van der Waals surface area contributed by atoms with Crippen LogP contribution in [-0.2, 0) is 14.8 Å². The zero-order chi connectivity index (χ0) is 18.6. The van der Waals surface area contributed by atoms with Crippen LogP contribution >= 0.6 is 0 Å². The molecule has 2 amide bonds. The van der Waals surface area contributed by atoms with E-state index in [-0.39, 0.29) is 4.90 Å². The molecule has 0 unspecified atom stereocenters. The highest BCUT2D eigenvalue weighted by Crippen LogP contribution is 2.26. The van der Waals surface area contributed by atoms with Gasteiger partial charge >= 0.3 is 6.03 Å². The van der Waals surface area contributed by atoms with Crippen LogP contribution in [0.3, 0.4) is 0 Å². The van der Waals surface area contributed by atoms with Crippen molar-refractivity contribution in [1.29, 1.82) is 0 Å². The molecule has 135 valence electrons. The van der Waals surface area contributed by atoms with Gasteiger partial charge in [-0.2, -0.15) is 4.31 Å². The maximum absolute atomic E-state index is 12.6. The van der Waals surface area contributed by atoms with E-state index in [1.807, 2.05) is 6.07 Å². The molecule has 2 aromatic carbocycles. The Morgan fingerprint density at radius 2 is 1.62 bits per heavy atom. The third-order valence-electron chi connectivity index (χ3n) is 4.09. The fraction of sp³-hybridized carbons (Fsp3) is 0.222. The van der Waals surface area contributed by atoms with Gasteiger partial charge in [-0.15, -0.1) is 0 Å². The zero-order valence-corrected chi connectivity index (χ0v) is 14.7. The van der Waals surface area contributed by atoms with Crippen LogP contribution in [0.5, 0.6) is 0 Å². The number of hydrogen-bond donors (Lipinski definition) is 2. The number of hydrogen-bond acceptors (Lipinski definition) is 4. The van der Waals surface area contributed by atoms with Crippen molar-refractivity contribution in [2.75, 3.05) is 17.2 Å². The van der Waals surface area contributed by atoms with Crippen molar-refractivity contribution < 1.29 is 18.0 Å². The SMILES string of the molecule is O=[C][C@@H]1CCCN1S(=O)(=O)c1ccc(NC(=O)Nc2ccccc2)cc1. The number of amides is 2. The Kier molecular flexibility index (Phi) is 5.34. The number of carbonyl (C=O) groups excluding carboxylic acids is 2. The van der Waals surface area contributed by atoms with Gasteiger partial charge in [0.15, 0.2) is 0 Å². The Morgan fingerprint density at radius 1 is 1.00 bits per heavy atom. The highest BCUT2D eigenvalue weighted by Gasteiger charge is 2.35. The summed E-state index contributed by atoms with van der Waals surface area (Å²) in [7, 11) is -3.75. The lowest BCUT2D eigenvalue weighted by Gasteiger charge is -2.19. The first kappa shape index (κ1) is 18.1. The van der Waals surface area contributed by atoms with E-state index in [9.17, 15) is 18.0 Å². The van der Waals surface area contributed by atoms with Crippen LogP contribution in [0.2, 0.25) is 0 Å². The molecule has 26 heavy (non-hydrogen) atoms. The third kappa shape index (κ3) is 3.92. The Labute approximate surface area is 152 Å². The Morgan fingerprint density at radius 3 is 2.23 bits per heavy atom. The largest absolute Gasteiger partial charge is 0.323 e. The molecule has 0 aromatic heterocycles. The topological polar surface area (TPSA) is 95.6 Å². The molecule has 1 radical (unpaired) electrons. The maximum atomic E-state index is 12.6. The molecule has 1 aliphatic rings. The van der Waals surface area contributed by atoms with Crippen LogP contribution in [0.1, 0.15) is 12.8 Å². The van der Waals surface area contributed by atoms with Crippen LogP contribution in [0.15, 0.2) is 59.5 Å². The number of carbonyl (C=O) groups is 1. The normalized spacial score (nSPS) is 17.6. The van der Waals surface area contributed by atoms with E-state index < -0.39 is 22.1 Å². The van der Waals surface area contributed by atoms with E-state index >= 15 is 0 Å². The smallest absolute Gasteiger partial charge is 0.308 e. The minimum absolute atomic E-state index is 0.0775. The Bertz CT molecular complexity index is 882. The van der Waals surface area contributed by atoms with Gasteiger partial charge in [-0.25, -0.2) is 13.2 Å². The fourth-order valence-corrected chi connectivity index (χ4v) is 4.41. The van der Waals surface area contributed by atoms with Crippen molar-refractivity contribution in [2.24, 2.45) is 0 Å². The van der Waals surface area contributed by atoms with Gasteiger partial charge in [-0.3, -0.25) is 4.79 Å². The minimum atomic E-state index is -3.75. The van der Waals surface area contributed by atoms with Gasteiger partial charge in [0.1, 0.15) is 0 Å². The van der Waals surface area contributed by atoms with Gasteiger partial charge in [-0.05, 0) is 49.2 Å². The fourth-order valence-electron chi connectivity index (χ4n) is 2.81. The van der Waals surface area contributed by atoms with Crippen molar-refractivity contribution in [3.63, 3.8) is 0 Å². The van der Waals surface area contributed by atoms with E-state index in [0.717, 1.165) is 0 Å². The molecule has 8 heteroatoms. The van der Waals surface area contributed by atoms with Gasteiger partial charge < -0.3 is 10.6 Å². The summed E-state index contributed by atoms with van der Waals surface area (Å²) in [5.74, 6) is 0. The summed E-state index contributed by atoms with van der Waals surface area (Å²) in [6, 6.07) is 13.6. The summed E-state index contributed by atoms with van der Waals surface area (Å²) in [6.07, 6.45) is 2.91. The van der Waals surface area contributed by atoms with Crippen LogP contribution < -0.4 is 10.6 Å². The van der Waals surface area contributed by atoms with Gasteiger partial charge in [0.05, 0.1) is 10.9 Å². The predicted octanol–water partition coefficient (Wildman–Crippen LogP) is 2.59. The first-order valence-corrected chi connectivity index (χ1v) is 9.57. The lowest BCUT2D eigenvalue weighted by Crippen LogP contribution is -2.36. The van der Waals surface area contributed by atoms with E-state index in [1.54, 1.807) is 30.6 Å². The molecule has 1 aliphatic heterocycles. The summed E-state index contributed by atoms with van der Waals surface area (Å²) in [5.41, 5.74) is 1.10. The van der Waals surface area contributed by atoms with Crippen LogP contribution in [0, 0.1) is 0 Å². The van der Waals surface area contributed by atoms with Crippen molar-refractivity contribution in [1.82, 2.24) is 4.31 Å². The average molecular weight is 372 g/mol. The van der Waals surface area contributed by atoms with Gasteiger partial charge in [0.25, 0.3) is 0 Å². The first-order valence-electron chi connectivity index (χ1n) is 8.13. The number of rotatable bonds is 5. The first-order chi connectivity index (χ1) is 12.5. The molecule has 1 heterocycles. The molecule has 1 saturated heterocycles. The van der Waals surface area contributed by atoms with E-state index in [2.05, 4.69) is 10.6 Å². The maximum Gasteiger partial charge on any atom is 0.323 e. The molecule has 0 bridgehead atoms. The van der Waals surface area contributed by atoms with E-state index in [0.29, 0.717) is 30.8 Å². The average Bonchev–Trinajstić information content (AvgIpc) is 3.12. The van der Waals surface area contributed by atoms with E-state index in [1.165, 1.54) is 28.6 Å². The molecule has 2 aromatic rings. The second-order valence-corrected chi connectivity index (χ2v) is 7.75. The monoisotopic (exact) mass is 372 g/mol. The number of para-hydroxylation sites is 1. The van der Waals surface area contributed by atoms with Gasteiger partial charge in [0.2, 0.25) is 16.3 Å². The van der Waals surface area contributed by atoms with Gasteiger partial charge in [0, 0.05) is 17.9 Å². The lowest BCUT2D eigenvalue weighted by molar-refractivity contribution is 0.262. The van der Waals surface area contributed by atoms with Crippen molar-refractivity contribution in [3.8, 4) is 0 Å². The lowest BCUT2D eigenvalue weighted by atomic mass is 10.2. The molecule has 1 fully saturated rings. The Balaban J connectivity index is 1.68. The van der Waals surface area contributed by atoms with Crippen LogP contribution in [0.4, 0.5) is 16.2 Å². The number of anilines is 2. The van der Waals surface area contributed by atoms with Crippen molar-refractivity contribution in [3.05, 3.63) is 54.6 Å². The number of nitrogens with one attached hydrogen (secondary N) is 2. The third-order valence-corrected chi connectivity index (χ3v) is 6.01. The summed E-state index contributed by atoms with van der Waals surface area (Å²) in [6.45, 7) is 0.307. The molecule has 2 N–H and O–H groups in total. The number of sulfonamides is 1. The number of benzene rings is 2. The van der Waals surface area contributed by atoms with Crippen LogP contribution in [-0.4, -0.2) is 37.6 Å². The molecule has 0 saturated carbocycles. The summed E-state index contributed by atoms with van der Waals surface area (Å²) >= 11 is 0. The highest BCUT2D eigenvalue weighted by atomic mass is 32.2. The van der Waals surface area contributed by atoms with E-state index in [4.69, 9.17) is 0 Å². The molecule has 1 atom stereocenters. The molecular formula is C18H18N3O4S. The number of urea groups is 1. The number of nitrogens with zero attached hydrogens (tertiary/aromatic N) is 1. The minimum Gasteiger partial charge on any atom is -0.308 e. The Hall–Kier alpha value is -2.71. The second-order valence-electron chi connectivity index (χ2n) is 5.86. The molecule has 0 aliphatic carbocycles. The van der Waals surface area contributed by atoms with Crippen molar-refractivity contribution in [2.45, 2.75) is 23.8 Å². The van der Waals surface area contributed by atoms with Crippen LogP contribution in [0.25, 0.3) is 0 Å².